The fourth-order valence-corrected chi connectivity index (χ4v) is 5.40. The number of aliphatic hydroxyl groups is 1. The quantitative estimate of drug-likeness (QED) is 0.284. The van der Waals surface area contributed by atoms with Crippen LogP contribution >= 0.6 is 36.4 Å². The minimum atomic E-state index is -0.943. The Morgan fingerprint density at radius 3 is 2.50 bits per heavy atom. The summed E-state index contributed by atoms with van der Waals surface area (Å²) in [6.07, 6.45) is 4.34. The lowest BCUT2D eigenvalue weighted by atomic mass is 9.88. The lowest BCUT2D eigenvalue weighted by Gasteiger charge is -2.27. The molecule has 0 radical (unpaired) electrons. The van der Waals surface area contributed by atoms with Crippen molar-refractivity contribution in [2.24, 2.45) is 0 Å². The lowest BCUT2D eigenvalue weighted by Crippen LogP contribution is -2.37. The van der Waals surface area contributed by atoms with Crippen LogP contribution in [0.2, 0.25) is 5.02 Å². The number of nitrogens with zero attached hydrogens (tertiary/aromatic N) is 1. The normalized spacial score (nSPS) is 17.1. The van der Waals surface area contributed by atoms with Crippen molar-refractivity contribution in [3.05, 3.63) is 87.9 Å². The molecule has 1 aliphatic carbocycles. The molecule has 1 saturated heterocycles. The second-order valence-corrected chi connectivity index (χ2v) is 10.1. The largest absolute Gasteiger partial charge is 0.478 e. The van der Waals surface area contributed by atoms with Crippen molar-refractivity contribution in [2.45, 2.75) is 44.2 Å². The van der Waals surface area contributed by atoms with E-state index in [1.165, 1.54) is 11.1 Å². The molecule has 204 valence electrons. The number of aryl methyl sites for hydroxylation is 1. The first-order valence-electron chi connectivity index (χ1n) is 12.5. The molecule has 0 bridgehead atoms. The van der Waals surface area contributed by atoms with Crippen LogP contribution < -0.4 is 15.0 Å². The summed E-state index contributed by atoms with van der Waals surface area (Å²) >= 11 is 6.05. The summed E-state index contributed by atoms with van der Waals surface area (Å²) in [6, 6.07) is 19.0. The van der Waals surface area contributed by atoms with Crippen LogP contribution in [-0.2, 0) is 12.8 Å². The average molecular weight is 580 g/mol. The van der Waals surface area contributed by atoms with E-state index in [4.69, 9.17) is 16.3 Å². The molecule has 2 atom stereocenters. The first kappa shape index (κ1) is 30.1. The van der Waals surface area contributed by atoms with Crippen molar-refractivity contribution in [2.75, 3.05) is 24.5 Å². The first-order chi connectivity index (χ1) is 17.5. The second kappa shape index (κ2) is 13.5. The fraction of sp³-hybridized carbons (Fsp3) is 0.345. The molecule has 9 heteroatoms. The van der Waals surface area contributed by atoms with Crippen molar-refractivity contribution in [1.82, 2.24) is 5.32 Å². The first-order valence-corrected chi connectivity index (χ1v) is 12.9. The summed E-state index contributed by atoms with van der Waals surface area (Å²) in [4.78, 5) is 14.0. The molecule has 38 heavy (non-hydrogen) atoms. The third-order valence-electron chi connectivity index (χ3n) is 7.12. The van der Waals surface area contributed by atoms with Gasteiger partial charge < -0.3 is 25.2 Å². The zero-order valence-corrected chi connectivity index (χ0v) is 23.3. The van der Waals surface area contributed by atoms with Crippen molar-refractivity contribution in [3.8, 4) is 11.5 Å². The molecular formula is C29H33Cl3N2O4. The third-order valence-corrected chi connectivity index (χ3v) is 7.36. The minimum absolute atomic E-state index is 0. The van der Waals surface area contributed by atoms with Crippen LogP contribution in [0.25, 0.3) is 0 Å². The zero-order chi connectivity index (χ0) is 25.1. The summed E-state index contributed by atoms with van der Waals surface area (Å²) < 4.78 is 6.10. The molecule has 0 aromatic heterocycles. The minimum Gasteiger partial charge on any atom is -0.478 e. The Balaban J connectivity index is 0.00000200. The van der Waals surface area contributed by atoms with E-state index in [2.05, 4.69) is 16.3 Å². The second-order valence-electron chi connectivity index (χ2n) is 9.63. The Labute approximate surface area is 240 Å². The van der Waals surface area contributed by atoms with E-state index in [0.29, 0.717) is 23.1 Å². The number of carbonyl (C=O) groups is 1. The van der Waals surface area contributed by atoms with Gasteiger partial charge in [-0.05, 0) is 91.3 Å². The van der Waals surface area contributed by atoms with Gasteiger partial charge in [0, 0.05) is 30.7 Å². The molecule has 3 aromatic rings. The SMILES string of the molecule is Cl.Cl.O=C(O)c1cc(Oc2ccc3c(c2)C[C@@H](NC[C@@H](O)c2cccc(Cl)c2)CC3)ccc1N1CCCC1. The van der Waals surface area contributed by atoms with Gasteiger partial charge in [-0.25, -0.2) is 4.79 Å². The molecule has 2 aliphatic rings. The molecule has 1 fully saturated rings. The summed E-state index contributed by atoms with van der Waals surface area (Å²) in [6.45, 7) is 2.23. The van der Waals surface area contributed by atoms with Crippen LogP contribution in [0.3, 0.4) is 0 Å². The number of benzene rings is 3. The highest BCUT2D eigenvalue weighted by Gasteiger charge is 2.22. The van der Waals surface area contributed by atoms with Crippen molar-refractivity contribution >= 4 is 48.1 Å². The zero-order valence-electron chi connectivity index (χ0n) is 20.9. The maximum absolute atomic E-state index is 11.9. The van der Waals surface area contributed by atoms with Crippen LogP contribution in [0, 0.1) is 0 Å². The number of halogens is 3. The van der Waals surface area contributed by atoms with Crippen LogP contribution in [-0.4, -0.2) is 41.9 Å². The van der Waals surface area contributed by atoms with E-state index in [1.807, 2.05) is 36.4 Å². The maximum atomic E-state index is 11.9. The van der Waals surface area contributed by atoms with Crippen molar-refractivity contribution in [3.63, 3.8) is 0 Å². The Bertz CT molecular complexity index is 1250. The molecule has 6 nitrogen and oxygen atoms in total. The number of anilines is 1. The molecular weight excluding hydrogens is 547 g/mol. The number of rotatable bonds is 8. The highest BCUT2D eigenvalue weighted by Crippen LogP contribution is 2.33. The Morgan fingerprint density at radius 1 is 1.03 bits per heavy atom. The number of hydrogen-bond donors (Lipinski definition) is 3. The molecule has 3 N–H and O–H groups in total. The highest BCUT2D eigenvalue weighted by atomic mass is 35.5. The van der Waals surface area contributed by atoms with E-state index in [0.717, 1.165) is 56.4 Å². The summed E-state index contributed by atoms with van der Waals surface area (Å²) in [5.74, 6) is 0.269. The number of carboxylic acids is 1. The van der Waals surface area contributed by atoms with E-state index in [-0.39, 0.29) is 36.4 Å². The number of fused-ring (bicyclic) bond motifs is 1. The summed E-state index contributed by atoms with van der Waals surface area (Å²) in [5, 5.41) is 24.4. The standard InChI is InChI=1S/C29H31ClN2O4.2ClH/c30-22-5-3-4-20(14-22)28(33)18-31-23-8-6-19-7-9-24(16-21(19)15-23)36-25-10-11-27(26(17-25)29(34)35)32-12-1-2-13-32;;/h3-5,7,9-11,14,16-17,23,28,31,33H,1-2,6,8,12-13,15,18H2,(H,34,35);2*1H/t23-,28+;;/m0../s1. The number of nitrogens with one attached hydrogen (secondary N) is 1. The van der Waals surface area contributed by atoms with Gasteiger partial charge in [-0.15, -0.1) is 24.8 Å². The van der Waals surface area contributed by atoms with Gasteiger partial charge in [0.15, 0.2) is 0 Å². The van der Waals surface area contributed by atoms with Gasteiger partial charge in [-0.2, -0.15) is 0 Å². The molecule has 1 aliphatic heterocycles. The van der Waals surface area contributed by atoms with Crippen LogP contribution in [0.15, 0.2) is 60.7 Å². The summed E-state index contributed by atoms with van der Waals surface area (Å²) in [7, 11) is 0. The molecule has 3 aromatic carbocycles. The molecule has 1 heterocycles. The molecule has 5 rings (SSSR count). The topological polar surface area (TPSA) is 82.0 Å². The van der Waals surface area contributed by atoms with E-state index < -0.39 is 12.1 Å². The smallest absolute Gasteiger partial charge is 0.337 e. The number of aromatic carboxylic acids is 1. The van der Waals surface area contributed by atoms with Gasteiger partial charge in [-0.1, -0.05) is 29.8 Å². The van der Waals surface area contributed by atoms with Gasteiger partial charge in [0.05, 0.1) is 17.4 Å². The van der Waals surface area contributed by atoms with E-state index in [9.17, 15) is 15.0 Å². The number of carboxylic acid groups (broad SMARTS) is 1. The van der Waals surface area contributed by atoms with E-state index >= 15 is 0 Å². The van der Waals surface area contributed by atoms with Gasteiger partial charge in [0.2, 0.25) is 0 Å². The lowest BCUT2D eigenvalue weighted by molar-refractivity contribution is 0.0697. The molecule has 0 amide bonds. The Kier molecular flexibility index (Phi) is 10.7. The van der Waals surface area contributed by atoms with Crippen LogP contribution in [0.1, 0.15) is 52.4 Å². The highest BCUT2D eigenvalue weighted by molar-refractivity contribution is 6.30. The van der Waals surface area contributed by atoms with Crippen LogP contribution in [0.4, 0.5) is 5.69 Å². The molecule has 0 unspecified atom stereocenters. The average Bonchev–Trinajstić information content (AvgIpc) is 3.42. The Morgan fingerprint density at radius 2 is 1.76 bits per heavy atom. The molecule has 0 spiro atoms. The third kappa shape index (κ3) is 7.13. The van der Waals surface area contributed by atoms with Gasteiger partial charge in [-0.3, -0.25) is 0 Å². The Hall–Kier alpha value is -2.48. The van der Waals surface area contributed by atoms with Gasteiger partial charge in [0.1, 0.15) is 11.5 Å². The predicted octanol–water partition coefficient (Wildman–Crippen LogP) is 6.45. The van der Waals surface area contributed by atoms with Crippen molar-refractivity contribution in [1.29, 1.82) is 0 Å². The van der Waals surface area contributed by atoms with E-state index in [1.54, 1.807) is 18.2 Å². The number of aliphatic hydroxyl groups excluding tert-OH is 1. The number of ether oxygens (including phenoxy) is 1. The van der Waals surface area contributed by atoms with Gasteiger partial charge in [0.25, 0.3) is 0 Å². The summed E-state index contributed by atoms with van der Waals surface area (Å²) in [5.41, 5.74) is 4.34. The van der Waals surface area contributed by atoms with Crippen molar-refractivity contribution < 1.29 is 19.7 Å². The maximum Gasteiger partial charge on any atom is 0.337 e. The van der Waals surface area contributed by atoms with Gasteiger partial charge >= 0.3 is 5.97 Å². The van der Waals surface area contributed by atoms with Crippen LogP contribution in [0.5, 0.6) is 11.5 Å². The number of hydrogen-bond acceptors (Lipinski definition) is 5. The molecule has 0 saturated carbocycles. The monoisotopic (exact) mass is 578 g/mol. The predicted molar refractivity (Wildman–Crippen MR) is 156 cm³/mol. The fourth-order valence-electron chi connectivity index (χ4n) is 5.20.